The molecule has 0 N–H and O–H groups in total. The topological polar surface area (TPSA) is 31.4 Å². The van der Waals surface area contributed by atoms with Crippen molar-refractivity contribution in [3.63, 3.8) is 0 Å². The highest BCUT2D eigenvalue weighted by atomic mass is 19.3. The van der Waals surface area contributed by atoms with Crippen LogP contribution in [0.2, 0.25) is 0 Å². The van der Waals surface area contributed by atoms with Gasteiger partial charge in [-0.3, -0.25) is 4.98 Å². The summed E-state index contributed by atoms with van der Waals surface area (Å²) in [6.07, 6.45) is -0.951. The van der Waals surface area contributed by atoms with Crippen molar-refractivity contribution in [2.45, 2.75) is 45.3 Å². The third-order valence-corrected chi connectivity index (χ3v) is 3.68. The van der Waals surface area contributed by atoms with E-state index in [0.29, 0.717) is 0 Å². The van der Waals surface area contributed by atoms with Gasteiger partial charge < -0.3 is 9.31 Å². The second-order valence-corrected chi connectivity index (χ2v) is 5.52. The Kier molecular flexibility index (Phi) is 3.39. The molecule has 0 amide bonds. The number of aromatic nitrogens is 1. The molecular weight excluding hydrogens is 258 g/mol. The fraction of sp³-hybridized carbons (Fsp3) is 0.583. The van der Waals surface area contributed by atoms with Crippen LogP contribution in [0.3, 0.4) is 0 Å². The maximum absolute atomic E-state index is 14.0. The SMILES string of the molecule is CC1(C)OB(c2cncc(C(F)F)c2F)OC1(C)C. The van der Waals surface area contributed by atoms with Crippen LogP contribution in [0.1, 0.15) is 39.7 Å². The number of pyridine rings is 1. The minimum absolute atomic E-state index is 0.101. The van der Waals surface area contributed by atoms with Crippen molar-refractivity contribution in [2.24, 2.45) is 0 Å². The number of hydrogen-bond acceptors (Lipinski definition) is 3. The van der Waals surface area contributed by atoms with E-state index in [2.05, 4.69) is 4.98 Å². The molecule has 0 aliphatic carbocycles. The van der Waals surface area contributed by atoms with Crippen molar-refractivity contribution in [1.82, 2.24) is 4.98 Å². The van der Waals surface area contributed by atoms with Crippen molar-refractivity contribution >= 4 is 12.6 Å². The van der Waals surface area contributed by atoms with Crippen molar-refractivity contribution in [3.8, 4) is 0 Å². The van der Waals surface area contributed by atoms with Crippen molar-refractivity contribution in [1.29, 1.82) is 0 Å². The first-order chi connectivity index (χ1) is 8.66. The van der Waals surface area contributed by atoms with Gasteiger partial charge in [0.15, 0.2) is 0 Å². The van der Waals surface area contributed by atoms with Crippen LogP contribution in [0.25, 0.3) is 0 Å². The normalized spacial score (nSPS) is 21.2. The predicted molar refractivity (Wildman–Crippen MR) is 64.9 cm³/mol. The van der Waals surface area contributed by atoms with Crippen LogP contribution in [0.4, 0.5) is 13.2 Å². The molecule has 19 heavy (non-hydrogen) atoms. The number of halogens is 3. The first-order valence-electron chi connectivity index (χ1n) is 5.93. The van der Waals surface area contributed by atoms with Gasteiger partial charge in [-0.15, -0.1) is 0 Å². The van der Waals surface area contributed by atoms with Gasteiger partial charge in [0, 0.05) is 17.9 Å². The highest BCUT2D eigenvalue weighted by Gasteiger charge is 2.52. The van der Waals surface area contributed by atoms with Gasteiger partial charge in [0.1, 0.15) is 5.82 Å². The lowest BCUT2D eigenvalue weighted by atomic mass is 9.79. The van der Waals surface area contributed by atoms with E-state index < -0.39 is 36.1 Å². The first kappa shape index (κ1) is 14.3. The van der Waals surface area contributed by atoms with Crippen LogP contribution in [0, 0.1) is 5.82 Å². The van der Waals surface area contributed by atoms with Crippen LogP contribution in [-0.4, -0.2) is 23.3 Å². The van der Waals surface area contributed by atoms with Crippen molar-refractivity contribution in [3.05, 3.63) is 23.8 Å². The Morgan fingerprint density at radius 3 is 2.11 bits per heavy atom. The molecule has 0 bridgehead atoms. The summed E-state index contributed by atoms with van der Waals surface area (Å²) in [5, 5.41) is 0. The third kappa shape index (κ3) is 2.37. The zero-order chi connectivity index (χ0) is 14.4. The molecule has 1 aliphatic heterocycles. The van der Waals surface area contributed by atoms with Gasteiger partial charge in [-0.05, 0) is 27.7 Å². The molecule has 1 saturated heterocycles. The maximum Gasteiger partial charge on any atom is 0.499 e. The minimum atomic E-state index is -2.92. The van der Waals surface area contributed by atoms with Crippen LogP contribution in [0.5, 0.6) is 0 Å². The van der Waals surface area contributed by atoms with E-state index >= 15 is 0 Å². The van der Waals surface area contributed by atoms with Gasteiger partial charge in [0.2, 0.25) is 0 Å². The molecule has 1 aromatic heterocycles. The molecule has 0 spiro atoms. The lowest BCUT2D eigenvalue weighted by molar-refractivity contribution is 0.00578. The van der Waals surface area contributed by atoms with Crippen molar-refractivity contribution in [2.75, 3.05) is 0 Å². The number of hydrogen-bond donors (Lipinski definition) is 0. The second-order valence-electron chi connectivity index (χ2n) is 5.52. The number of rotatable bonds is 2. The van der Waals surface area contributed by atoms with Gasteiger partial charge in [-0.1, -0.05) is 0 Å². The number of nitrogens with zero attached hydrogens (tertiary/aromatic N) is 1. The predicted octanol–water partition coefficient (Wildman–Crippen LogP) is 2.46. The van der Waals surface area contributed by atoms with Crippen LogP contribution < -0.4 is 5.46 Å². The average Bonchev–Trinajstić information content (AvgIpc) is 2.47. The minimum Gasteiger partial charge on any atom is -0.399 e. The Morgan fingerprint density at radius 1 is 1.11 bits per heavy atom. The van der Waals surface area contributed by atoms with E-state index in [-0.39, 0.29) is 5.46 Å². The molecule has 7 heteroatoms. The Bertz CT molecular complexity index is 478. The molecule has 0 atom stereocenters. The second kappa shape index (κ2) is 4.49. The third-order valence-electron chi connectivity index (χ3n) is 3.68. The summed E-state index contributed by atoms with van der Waals surface area (Å²) in [7, 11) is -1.03. The van der Waals surface area contributed by atoms with Crippen LogP contribution >= 0.6 is 0 Å². The molecule has 2 heterocycles. The van der Waals surface area contributed by atoms with E-state index in [1.807, 2.05) is 0 Å². The molecule has 3 nitrogen and oxygen atoms in total. The summed E-state index contributed by atoms with van der Waals surface area (Å²) < 4.78 is 50.5. The standard InChI is InChI=1S/C12H15BF3NO2/c1-11(2)12(3,4)19-13(18-11)8-6-17-5-7(9(8)14)10(15)16/h5-6,10H,1-4H3. The Labute approximate surface area is 110 Å². The van der Waals surface area contributed by atoms with Crippen LogP contribution in [-0.2, 0) is 9.31 Å². The highest BCUT2D eigenvalue weighted by Crippen LogP contribution is 2.36. The van der Waals surface area contributed by atoms with Gasteiger partial charge in [-0.2, -0.15) is 0 Å². The van der Waals surface area contributed by atoms with Gasteiger partial charge in [0.25, 0.3) is 6.43 Å². The monoisotopic (exact) mass is 273 g/mol. The molecule has 104 valence electrons. The summed E-state index contributed by atoms with van der Waals surface area (Å²) >= 11 is 0. The molecule has 0 aromatic carbocycles. The summed E-state index contributed by atoms with van der Waals surface area (Å²) in [6, 6.07) is 0. The van der Waals surface area contributed by atoms with E-state index in [1.165, 1.54) is 0 Å². The Morgan fingerprint density at radius 2 is 1.63 bits per heavy atom. The quantitative estimate of drug-likeness (QED) is 0.775. The summed E-state index contributed by atoms with van der Waals surface area (Å²) in [4.78, 5) is 3.63. The first-order valence-corrected chi connectivity index (χ1v) is 5.93. The molecule has 1 fully saturated rings. The van der Waals surface area contributed by atoms with E-state index in [1.54, 1.807) is 27.7 Å². The molecule has 1 aromatic rings. The molecule has 0 unspecified atom stereocenters. The van der Waals surface area contributed by atoms with Gasteiger partial charge >= 0.3 is 7.12 Å². The average molecular weight is 273 g/mol. The summed E-state index contributed by atoms with van der Waals surface area (Å²) in [5.41, 5.74) is -2.17. The fourth-order valence-corrected chi connectivity index (χ4v) is 1.76. The van der Waals surface area contributed by atoms with Crippen molar-refractivity contribution < 1.29 is 22.5 Å². The fourth-order valence-electron chi connectivity index (χ4n) is 1.76. The smallest absolute Gasteiger partial charge is 0.399 e. The Hall–Kier alpha value is -1.08. The van der Waals surface area contributed by atoms with E-state index in [9.17, 15) is 13.2 Å². The molecule has 0 saturated carbocycles. The maximum atomic E-state index is 14.0. The molecule has 0 radical (unpaired) electrons. The van der Waals surface area contributed by atoms with Crippen LogP contribution in [0.15, 0.2) is 12.4 Å². The van der Waals surface area contributed by atoms with Gasteiger partial charge in [0.05, 0.1) is 16.8 Å². The largest absolute Gasteiger partial charge is 0.499 e. The number of alkyl halides is 2. The molecule has 1 aliphatic rings. The van der Waals surface area contributed by atoms with E-state index in [0.717, 1.165) is 12.4 Å². The molecular formula is C12H15BF3NO2. The lowest BCUT2D eigenvalue weighted by Gasteiger charge is -2.32. The summed E-state index contributed by atoms with van der Waals surface area (Å²) in [5.74, 6) is -1.02. The zero-order valence-corrected chi connectivity index (χ0v) is 11.2. The Balaban J connectivity index is 2.38. The zero-order valence-electron chi connectivity index (χ0n) is 11.2. The molecule has 2 rings (SSSR count). The van der Waals surface area contributed by atoms with Gasteiger partial charge in [-0.25, -0.2) is 13.2 Å². The summed E-state index contributed by atoms with van der Waals surface area (Å²) in [6.45, 7) is 7.20. The van der Waals surface area contributed by atoms with E-state index in [4.69, 9.17) is 9.31 Å². The lowest BCUT2D eigenvalue weighted by Crippen LogP contribution is -2.41. The highest BCUT2D eigenvalue weighted by molar-refractivity contribution is 6.62.